The highest BCUT2D eigenvalue weighted by molar-refractivity contribution is 7.09. The van der Waals surface area contributed by atoms with Crippen LogP contribution in [0.5, 0.6) is 5.75 Å². The van der Waals surface area contributed by atoms with Crippen molar-refractivity contribution in [2.45, 2.75) is 32.9 Å². The first-order valence-electron chi connectivity index (χ1n) is 7.61. The maximum Gasteiger partial charge on any atom is 0.205 e. The van der Waals surface area contributed by atoms with E-state index in [4.69, 9.17) is 9.47 Å². The van der Waals surface area contributed by atoms with Crippen molar-refractivity contribution in [2.24, 2.45) is 0 Å². The van der Waals surface area contributed by atoms with Gasteiger partial charge in [0.05, 0.1) is 6.61 Å². The molecule has 0 saturated carbocycles. The van der Waals surface area contributed by atoms with Crippen LogP contribution in [0.25, 0.3) is 0 Å². The summed E-state index contributed by atoms with van der Waals surface area (Å²) in [5.74, 6) is 1.74. The Bertz CT molecular complexity index is 630. The summed E-state index contributed by atoms with van der Waals surface area (Å²) in [6.07, 6.45) is 2.05. The van der Waals surface area contributed by atoms with Crippen LogP contribution < -0.4 is 9.64 Å². The lowest BCUT2D eigenvalue weighted by atomic mass is 10.00. The van der Waals surface area contributed by atoms with Gasteiger partial charge in [-0.3, -0.25) is 0 Å². The Balaban J connectivity index is 1.70. The molecule has 118 valence electrons. The topological polar surface area (TPSA) is 47.5 Å². The quantitative estimate of drug-likeness (QED) is 0.819. The molecule has 0 amide bonds. The van der Waals surface area contributed by atoms with Crippen molar-refractivity contribution in [3.8, 4) is 5.75 Å². The Hall–Kier alpha value is -1.66. The summed E-state index contributed by atoms with van der Waals surface area (Å²) in [4.78, 5) is 6.82. The number of fused-ring (bicyclic) bond motifs is 1. The average Bonchev–Trinajstić information content (AvgIpc) is 3.01. The number of rotatable bonds is 6. The van der Waals surface area contributed by atoms with E-state index in [0.717, 1.165) is 49.2 Å². The van der Waals surface area contributed by atoms with E-state index in [1.165, 1.54) is 22.7 Å². The zero-order valence-electron chi connectivity index (χ0n) is 13.0. The number of hydrogen-bond acceptors (Lipinski definition) is 6. The number of anilines is 1. The minimum absolute atomic E-state index is 0.471. The van der Waals surface area contributed by atoms with Gasteiger partial charge in [-0.05, 0) is 36.1 Å². The standard InChI is InChI=1S/C16H21N3O2S/c1-3-8-21-14-5-4-13-10-19(7-6-12(13)9-14)16-17-15(11-20-2)18-22-16/h4-5,9H,3,6-8,10-11H2,1-2H3. The van der Waals surface area contributed by atoms with Crippen molar-refractivity contribution in [3.63, 3.8) is 0 Å². The summed E-state index contributed by atoms with van der Waals surface area (Å²) >= 11 is 1.45. The monoisotopic (exact) mass is 319 g/mol. The van der Waals surface area contributed by atoms with Crippen LogP contribution in [0.2, 0.25) is 0 Å². The minimum atomic E-state index is 0.471. The smallest absolute Gasteiger partial charge is 0.205 e. The van der Waals surface area contributed by atoms with E-state index in [-0.39, 0.29) is 0 Å². The highest BCUT2D eigenvalue weighted by Gasteiger charge is 2.20. The SMILES string of the molecule is CCCOc1ccc2c(c1)CCN(c1nc(COC)ns1)C2. The van der Waals surface area contributed by atoms with Crippen molar-refractivity contribution in [1.29, 1.82) is 0 Å². The molecule has 1 aromatic heterocycles. The summed E-state index contributed by atoms with van der Waals surface area (Å²) in [6.45, 7) is 5.21. The Morgan fingerprint density at radius 1 is 1.32 bits per heavy atom. The molecule has 3 rings (SSSR count). The third kappa shape index (κ3) is 3.39. The predicted octanol–water partition coefficient (Wildman–Crippen LogP) is 3.04. The van der Waals surface area contributed by atoms with Crippen molar-refractivity contribution >= 4 is 16.7 Å². The molecule has 1 aliphatic heterocycles. The lowest BCUT2D eigenvalue weighted by Crippen LogP contribution is -2.30. The average molecular weight is 319 g/mol. The summed E-state index contributed by atoms with van der Waals surface area (Å²) in [7, 11) is 1.66. The molecule has 0 saturated heterocycles. The van der Waals surface area contributed by atoms with Gasteiger partial charge in [-0.1, -0.05) is 13.0 Å². The first kappa shape index (κ1) is 15.2. The summed E-state index contributed by atoms with van der Waals surface area (Å²) in [5, 5.41) is 0.976. The van der Waals surface area contributed by atoms with Crippen molar-refractivity contribution < 1.29 is 9.47 Å². The van der Waals surface area contributed by atoms with Gasteiger partial charge in [0.2, 0.25) is 5.13 Å². The van der Waals surface area contributed by atoms with Crippen LogP contribution in [0.3, 0.4) is 0 Å². The van der Waals surface area contributed by atoms with Crippen LogP contribution in [-0.2, 0) is 24.3 Å². The van der Waals surface area contributed by atoms with E-state index in [9.17, 15) is 0 Å². The molecule has 2 heterocycles. The second-order valence-corrected chi connectivity index (χ2v) is 6.11. The van der Waals surface area contributed by atoms with Gasteiger partial charge in [0.1, 0.15) is 12.4 Å². The summed E-state index contributed by atoms with van der Waals surface area (Å²) in [5.41, 5.74) is 2.73. The normalized spacial score (nSPS) is 14.0. The van der Waals surface area contributed by atoms with E-state index in [1.807, 2.05) is 0 Å². The Morgan fingerprint density at radius 2 is 2.23 bits per heavy atom. The maximum absolute atomic E-state index is 5.72. The van der Waals surface area contributed by atoms with E-state index in [2.05, 4.69) is 39.4 Å². The third-order valence-corrected chi connectivity index (χ3v) is 4.48. The van der Waals surface area contributed by atoms with Gasteiger partial charge in [-0.15, -0.1) is 0 Å². The van der Waals surface area contributed by atoms with Crippen molar-refractivity contribution in [3.05, 3.63) is 35.2 Å². The number of aromatic nitrogens is 2. The highest BCUT2D eigenvalue weighted by atomic mass is 32.1. The number of nitrogens with zero attached hydrogens (tertiary/aromatic N) is 3. The molecule has 0 unspecified atom stereocenters. The Morgan fingerprint density at radius 3 is 3.05 bits per heavy atom. The van der Waals surface area contributed by atoms with Crippen LogP contribution in [0.15, 0.2) is 18.2 Å². The molecule has 5 nitrogen and oxygen atoms in total. The zero-order chi connectivity index (χ0) is 15.4. The number of ether oxygens (including phenoxy) is 2. The van der Waals surface area contributed by atoms with Gasteiger partial charge in [-0.2, -0.15) is 4.37 Å². The van der Waals surface area contributed by atoms with Crippen LogP contribution in [0.1, 0.15) is 30.3 Å². The molecule has 2 aromatic rings. The van der Waals surface area contributed by atoms with Gasteiger partial charge >= 0.3 is 0 Å². The van der Waals surface area contributed by atoms with Crippen LogP contribution in [-0.4, -0.2) is 29.6 Å². The number of benzene rings is 1. The second kappa shape index (κ2) is 7.07. The molecule has 6 heteroatoms. The largest absolute Gasteiger partial charge is 0.494 e. The van der Waals surface area contributed by atoms with Gasteiger partial charge in [0.25, 0.3) is 0 Å². The van der Waals surface area contributed by atoms with E-state index >= 15 is 0 Å². The predicted molar refractivity (Wildman–Crippen MR) is 87.6 cm³/mol. The maximum atomic E-state index is 5.72. The molecule has 0 atom stereocenters. The minimum Gasteiger partial charge on any atom is -0.494 e. The Kier molecular flexibility index (Phi) is 4.90. The fraction of sp³-hybridized carbons (Fsp3) is 0.500. The second-order valence-electron chi connectivity index (χ2n) is 5.38. The Labute approximate surface area is 135 Å². The number of methoxy groups -OCH3 is 1. The van der Waals surface area contributed by atoms with Crippen molar-refractivity contribution in [2.75, 3.05) is 25.2 Å². The lowest BCUT2D eigenvalue weighted by molar-refractivity contribution is 0.179. The lowest BCUT2D eigenvalue weighted by Gasteiger charge is -2.28. The summed E-state index contributed by atoms with van der Waals surface area (Å²) < 4.78 is 15.1. The molecule has 0 spiro atoms. The molecule has 1 aromatic carbocycles. The van der Waals surface area contributed by atoms with E-state index in [0.29, 0.717) is 6.61 Å². The first-order valence-corrected chi connectivity index (χ1v) is 8.38. The van der Waals surface area contributed by atoms with Crippen LogP contribution in [0, 0.1) is 0 Å². The molecule has 0 aliphatic carbocycles. The number of hydrogen-bond donors (Lipinski definition) is 0. The molecular formula is C16H21N3O2S. The molecule has 0 N–H and O–H groups in total. The van der Waals surface area contributed by atoms with Crippen LogP contribution >= 0.6 is 11.5 Å². The zero-order valence-corrected chi connectivity index (χ0v) is 13.9. The summed E-state index contributed by atoms with van der Waals surface area (Å²) in [6, 6.07) is 6.41. The van der Waals surface area contributed by atoms with E-state index in [1.54, 1.807) is 7.11 Å². The van der Waals surface area contributed by atoms with E-state index < -0.39 is 0 Å². The first-order chi connectivity index (χ1) is 10.8. The molecule has 22 heavy (non-hydrogen) atoms. The van der Waals surface area contributed by atoms with Gasteiger partial charge in [0, 0.05) is 31.7 Å². The van der Waals surface area contributed by atoms with Gasteiger partial charge < -0.3 is 14.4 Å². The third-order valence-electron chi connectivity index (χ3n) is 3.66. The van der Waals surface area contributed by atoms with Gasteiger partial charge in [0.15, 0.2) is 5.82 Å². The van der Waals surface area contributed by atoms with Crippen molar-refractivity contribution in [1.82, 2.24) is 9.36 Å². The highest BCUT2D eigenvalue weighted by Crippen LogP contribution is 2.28. The van der Waals surface area contributed by atoms with Crippen LogP contribution in [0.4, 0.5) is 5.13 Å². The molecule has 0 radical (unpaired) electrons. The molecule has 0 bridgehead atoms. The molecular weight excluding hydrogens is 298 g/mol. The molecule has 0 fully saturated rings. The van der Waals surface area contributed by atoms with Gasteiger partial charge in [-0.25, -0.2) is 4.98 Å². The fourth-order valence-corrected chi connectivity index (χ4v) is 3.26. The fourth-order valence-electron chi connectivity index (χ4n) is 2.56. The molecule has 1 aliphatic rings.